The first kappa shape index (κ1) is 13.8. The van der Waals surface area contributed by atoms with E-state index in [1.807, 2.05) is 6.26 Å². The molecule has 0 saturated heterocycles. The molecule has 1 rings (SSSR count). The van der Waals surface area contributed by atoms with Crippen molar-refractivity contribution in [2.75, 3.05) is 12.0 Å². The molecule has 0 unspecified atom stereocenters. The number of hydrogen-bond acceptors (Lipinski definition) is 4. The van der Waals surface area contributed by atoms with Crippen LogP contribution >= 0.6 is 11.8 Å². The molecule has 0 radical (unpaired) electrons. The maximum absolute atomic E-state index is 12.6. The van der Waals surface area contributed by atoms with Crippen LogP contribution in [0.2, 0.25) is 0 Å². The van der Waals surface area contributed by atoms with Gasteiger partial charge in [0.05, 0.1) is 0 Å². The topological polar surface area (TPSA) is 68.0 Å². The third kappa shape index (κ3) is 3.35. The Bertz CT molecular complexity index is 405. The van der Waals surface area contributed by atoms with E-state index in [2.05, 4.69) is 10.3 Å². The summed E-state index contributed by atoms with van der Waals surface area (Å²) in [6.45, 7) is -0.00400. The molecule has 1 aromatic heterocycles. The largest absolute Gasteiger partial charge is 0.476 e. The van der Waals surface area contributed by atoms with Crippen molar-refractivity contribution in [1.29, 1.82) is 0 Å². The minimum Gasteiger partial charge on any atom is -0.476 e. The summed E-state index contributed by atoms with van der Waals surface area (Å²) < 4.78 is 38.5. The van der Waals surface area contributed by atoms with E-state index in [0.717, 1.165) is 0 Å². The Labute approximate surface area is 99.0 Å². The van der Waals surface area contributed by atoms with Gasteiger partial charge in [0.25, 0.3) is 0 Å². The molecule has 0 amide bonds. The molecule has 5 nitrogen and oxygen atoms in total. The molecule has 17 heavy (non-hydrogen) atoms. The van der Waals surface area contributed by atoms with Crippen molar-refractivity contribution in [1.82, 2.24) is 15.0 Å². The molecule has 1 N–H and O–H groups in total. The third-order valence-electron chi connectivity index (χ3n) is 1.92. The maximum atomic E-state index is 12.6. The Morgan fingerprint density at radius 2 is 2.18 bits per heavy atom. The predicted molar refractivity (Wildman–Crippen MR) is 55.0 cm³/mol. The van der Waals surface area contributed by atoms with Crippen molar-refractivity contribution in [2.45, 2.75) is 19.1 Å². The molecule has 0 aliphatic rings. The van der Waals surface area contributed by atoms with E-state index in [4.69, 9.17) is 5.11 Å². The molecule has 9 heteroatoms. The van der Waals surface area contributed by atoms with E-state index in [-0.39, 0.29) is 6.54 Å². The van der Waals surface area contributed by atoms with Gasteiger partial charge in [-0.1, -0.05) is 5.21 Å². The zero-order valence-corrected chi connectivity index (χ0v) is 9.68. The molecule has 96 valence electrons. The lowest BCUT2D eigenvalue weighted by molar-refractivity contribution is -0.144. The average molecular weight is 269 g/mol. The molecular weight excluding hydrogens is 259 g/mol. The first-order chi connectivity index (χ1) is 7.88. The lowest BCUT2D eigenvalue weighted by Crippen LogP contribution is -2.18. The third-order valence-corrected chi connectivity index (χ3v) is 2.62. The summed E-state index contributed by atoms with van der Waals surface area (Å²) in [5, 5.41) is 14.9. The number of aryl methyl sites for hydroxylation is 1. The minimum atomic E-state index is -4.77. The van der Waals surface area contributed by atoms with Crippen molar-refractivity contribution < 1.29 is 23.1 Å². The number of carbonyl (C=O) groups is 1. The van der Waals surface area contributed by atoms with Crippen molar-refractivity contribution >= 4 is 17.7 Å². The van der Waals surface area contributed by atoms with Gasteiger partial charge >= 0.3 is 12.1 Å². The number of halogens is 3. The number of alkyl halides is 3. The lowest BCUT2D eigenvalue weighted by Gasteiger charge is -2.09. The van der Waals surface area contributed by atoms with Crippen LogP contribution < -0.4 is 0 Å². The number of thioether (sulfide) groups is 1. The van der Waals surface area contributed by atoms with Gasteiger partial charge in [-0.3, -0.25) is 0 Å². The number of carboxylic acids is 1. The van der Waals surface area contributed by atoms with Crippen LogP contribution in [0, 0.1) is 0 Å². The van der Waals surface area contributed by atoms with Crippen molar-refractivity contribution in [3.05, 3.63) is 11.4 Å². The van der Waals surface area contributed by atoms with Crippen LogP contribution in [-0.4, -0.2) is 38.1 Å². The van der Waals surface area contributed by atoms with Crippen LogP contribution in [0.25, 0.3) is 0 Å². The number of aromatic carboxylic acids is 1. The predicted octanol–water partition coefficient (Wildman–Crippen LogP) is 1.75. The quantitative estimate of drug-likeness (QED) is 0.825. The second-order valence-corrected chi connectivity index (χ2v) is 4.14. The van der Waals surface area contributed by atoms with Crippen LogP contribution in [-0.2, 0) is 12.7 Å². The van der Waals surface area contributed by atoms with Crippen LogP contribution in [0.3, 0.4) is 0 Å². The second-order valence-electron chi connectivity index (χ2n) is 3.16. The number of carboxylic acid groups (broad SMARTS) is 1. The fourth-order valence-electron chi connectivity index (χ4n) is 1.25. The van der Waals surface area contributed by atoms with Crippen LogP contribution in [0.15, 0.2) is 0 Å². The fraction of sp³-hybridized carbons (Fsp3) is 0.625. The summed E-state index contributed by atoms with van der Waals surface area (Å²) in [4.78, 5) is 10.6. The van der Waals surface area contributed by atoms with Crippen LogP contribution in [0.4, 0.5) is 13.2 Å². The van der Waals surface area contributed by atoms with Gasteiger partial charge in [0.15, 0.2) is 5.69 Å². The van der Waals surface area contributed by atoms with E-state index < -0.39 is 23.5 Å². The SMILES string of the molecule is CSCCCn1nnc(C(=O)O)c1C(F)(F)F. The highest BCUT2D eigenvalue weighted by Crippen LogP contribution is 2.31. The molecule has 0 aliphatic heterocycles. The standard InChI is InChI=1S/C8H10F3N3O2S/c1-17-4-2-3-14-6(8(9,10)11)5(7(15)16)12-13-14/h2-4H2,1H3,(H,15,16). The molecule has 0 aromatic carbocycles. The van der Waals surface area contributed by atoms with Gasteiger partial charge in [-0.2, -0.15) is 24.9 Å². The van der Waals surface area contributed by atoms with E-state index in [0.29, 0.717) is 16.9 Å². The Balaban J connectivity index is 3.01. The van der Waals surface area contributed by atoms with Crippen molar-refractivity contribution in [3.63, 3.8) is 0 Å². The molecule has 0 atom stereocenters. The normalized spacial score (nSPS) is 11.8. The number of nitrogens with zero attached hydrogens (tertiary/aromatic N) is 3. The first-order valence-electron chi connectivity index (χ1n) is 4.61. The van der Waals surface area contributed by atoms with Crippen molar-refractivity contribution in [2.24, 2.45) is 0 Å². The average Bonchev–Trinajstić information content (AvgIpc) is 2.61. The van der Waals surface area contributed by atoms with Gasteiger partial charge in [0.2, 0.25) is 5.69 Å². The lowest BCUT2D eigenvalue weighted by atomic mass is 10.3. The number of rotatable bonds is 5. The van der Waals surface area contributed by atoms with Crippen LogP contribution in [0.1, 0.15) is 22.6 Å². The first-order valence-corrected chi connectivity index (χ1v) is 6.00. The minimum absolute atomic E-state index is 0.00400. The van der Waals surface area contributed by atoms with Crippen LogP contribution in [0.5, 0.6) is 0 Å². The molecule has 1 aromatic rings. The second kappa shape index (κ2) is 5.39. The number of hydrogen-bond donors (Lipinski definition) is 1. The van der Waals surface area contributed by atoms with Crippen molar-refractivity contribution in [3.8, 4) is 0 Å². The van der Waals surface area contributed by atoms with Gasteiger partial charge in [-0.15, -0.1) is 5.10 Å². The molecule has 0 spiro atoms. The summed E-state index contributed by atoms with van der Waals surface area (Å²) >= 11 is 1.49. The van der Waals surface area contributed by atoms with Gasteiger partial charge in [0, 0.05) is 6.54 Å². The van der Waals surface area contributed by atoms with E-state index in [9.17, 15) is 18.0 Å². The molecule has 0 bridgehead atoms. The van der Waals surface area contributed by atoms with Gasteiger partial charge in [0.1, 0.15) is 0 Å². The Morgan fingerprint density at radius 1 is 1.53 bits per heavy atom. The molecule has 1 heterocycles. The van der Waals surface area contributed by atoms with Gasteiger partial charge < -0.3 is 5.11 Å². The Hall–Kier alpha value is -1.25. The summed E-state index contributed by atoms with van der Waals surface area (Å²) in [6.07, 6.45) is -2.47. The van der Waals surface area contributed by atoms with E-state index in [1.165, 1.54) is 11.8 Å². The number of aromatic nitrogens is 3. The molecular formula is C8H10F3N3O2S. The molecule has 0 fully saturated rings. The monoisotopic (exact) mass is 269 g/mol. The fourth-order valence-corrected chi connectivity index (χ4v) is 1.67. The highest BCUT2D eigenvalue weighted by atomic mass is 32.2. The zero-order valence-electron chi connectivity index (χ0n) is 8.86. The summed E-state index contributed by atoms with van der Waals surface area (Å²) in [7, 11) is 0. The summed E-state index contributed by atoms with van der Waals surface area (Å²) in [5.41, 5.74) is -2.35. The Kier molecular flexibility index (Phi) is 4.38. The summed E-state index contributed by atoms with van der Waals surface area (Å²) in [5.74, 6) is -1.06. The Morgan fingerprint density at radius 3 is 2.65 bits per heavy atom. The van der Waals surface area contributed by atoms with E-state index >= 15 is 0 Å². The van der Waals surface area contributed by atoms with Gasteiger partial charge in [-0.25, -0.2) is 9.48 Å². The smallest absolute Gasteiger partial charge is 0.435 e. The summed E-state index contributed by atoms with van der Waals surface area (Å²) in [6, 6.07) is 0. The molecule has 0 aliphatic carbocycles. The maximum Gasteiger partial charge on any atom is 0.435 e. The van der Waals surface area contributed by atoms with Gasteiger partial charge in [-0.05, 0) is 18.4 Å². The zero-order chi connectivity index (χ0) is 13.1. The highest BCUT2D eigenvalue weighted by Gasteiger charge is 2.41. The highest BCUT2D eigenvalue weighted by molar-refractivity contribution is 7.98. The molecule has 0 saturated carbocycles. The van der Waals surface area contributed by atoms with E-state index in [1.54, 1.807) is 0 Å².